The van der Waals surface area contributed by atoms with Crippen molar-refractivity contribution >= 4 is 33.3 Å². The largest absolute Gasteiger partial charge is 0.335 e. The summed E-state index contributed by atoms with van der Waals surface area (Å²) in [7, 11) is 0. The molecule has 1 aliphatic rings. The normalized spacial score (nSPS) is 17.6. The summed E-state index contributed by atoms with van der Waals surface area (Å²) < 4.78 is 3.29. The fourth-order valence-electron chi connectivity index (χ4n) is 3.63. The van der Waals surface area contributed by atoms with E-state index >= 15 is 0 Å². The maximum absolute atomic E-state index is 12.9. The molecular formula is C19H23N5OS. The molecule has 7 heteroatoms. The first-order valence-corrected chi connectivity index (χ1v) is 9.97. The minimum absolute atomic E-state index is 0.00775. The van der Waals surface area contributed by atoms with Gasteiger partial charge in [0.1, 0.15) is 5.82 Å². The first-order chi connectivity index (χ1) is 12.7. The van der Waals surface area contributed by atoms with Gasteiger partial charge in [-0.25, -0.2) is 14.8 Å². The van der Waals surface area contributed by atoms with Crippen LogP contribution in [0, 0.1) is 6.92 Å². The Morgan fingerprint density at radius 3 is 3.12 bits per heavy atom. The van der Waals surface area contributed by atoms with Crippen molar-refractivity contribution in [1.29, 1.82) is 0 Å². The van der Waals surface area contributed by atoms with Gasteiger partial charge in [0.05, 0.1) is 15.7 Å². The Morgan fingerprint density at radius 2 is 2.27 bits per heavy atom. The van der Waals surface area contributed by atoms with E-state index in [9.17, 15) is 4.79 Å². The zero-order valence-corrected chi connectivity index (χ0v) is 15.7. The number of carbonyl (C=O) groups is 1. The summed E-state index contributed by atoms with van der Waals surface area (Å²) >= 11 is 1.61. The predicted molar refractivity (Wildman–Crippen MR) is 105 cm³/mol. The van der Waals surface area contributed by atoms with Gasteiger partial charge < -0.3 is 14.8 Å². The van der Waals surface area contributed by atoms with Crippen LogP contribution in [-0.2, 0) is 6.54 Å². The van der Waals surface area contributed by atoms with Crippen LogP contribution in [-0.4, -0.2) is 38.1 Å². The number of anilines is 1. The summed E-state index contributed by atoms with van der Waals surface area (Å²) in [6, 6.07) is 6.17. The van der Waals surface area contributed by atoms with E-state index in [2.05, 4.69) is 19.9 Å². The topological polar surface area (TPSA) is 63.1 Å². The van der Waals surface area contributed by atoms with E-state index in [1.54, 1.807) is 11.3 Å². The molecule has 1 N–H and O–H groups in total. The number of nitrogens with one attached hydrogen (secondary N) is 1. The summed E-state index contributed by atoms with van der Waals surface area (Å²) in [5.41, 5.74) is 3.57. The number of fused-ring (bicyclic) bond motifs is 1. The molecule has 0 bridgehead atoms. The number of hydrogen-bond acceptors (Lipinski definition) is 4. The number of piperidine rings is 1. The second-order valence-corrected chi connectivity index (χ2v) is 7.65. The number of urea groups is 1. The highest BCUT2D eigenvalue weighted by Gasteiger charge is 2.26. The average molecular weight is 369 g/mol. The lowest BCUT2D eigenvalue weighted by molar-refractivity contribution is 0.155. The van der Waals surface area contributed by atoms with Crippen LogP contribution in [0.1, 0.15) is 31.5 Å². The van der Waals surface area contributed by atoms with Crippen LogP contribution in [0.3, 0.4) is 0 Å². The van der Waals surface area contributed by atoms with Gasteiger partial charge in [0.25, 0.3) is 0 Å². The molecular weight excluding hydrogens is 346 g/mol. The number of benzene rings is 1. The van der Waals surface area contributed by atoms with Crippen LogP contribution in [0.25, 0.3) is 10.2 Å². The molecule has 1 aliphatic heterocycles. The minimum Gasteiger partial charge on any atom is -0.335 e. The van der Waals surface area contributed by atoms with Crippen LogP contribution in [0.5, 0.6) is 0 Å². The first-order valence-electron chi connectivity index (χ1n) is 9.09. The lowest BCUT2D eigenvalue weighted by Gasteiger charge is -2.36. The van der Waals surface area contributed by atoms with Gasteiger partial charge in [-0.2, -0.15) is 0 Å². The van der Waals surface area contributed by atoms with Gasteiger partial charge in [0.15, 0.2) is 0 Å². The quantitative estimate of drug-likeness (QED) is 0.747. The van der Waals surface area contributed by atoms with Crippen molar-refractivity contribution in [2.45, 2.75) is 45.2 Å². The van der Waals surface area contributed by atoms with Crippen molar-refractivity contribution in [2.24, 2.45) is 0 Å². The fraction of sp³-hybridized carbons (Fsp3) is 0.421. The van der Waals surface area contributed by atoms with Gasteiger partial charge in [-0.05, 0) is 50.8 Å². The molecule has 4 rings (SSSR count). The number of amides is 2. The van der Waals surface area contributed by atoms with Crippen LogP contribution in [0.15, 0.2) is 36.1 Å². The highest BCUT2D eigenvalue weighted by molar-refractivity contribution is 7.16. The number of hydrogen-bond donors (Lipinski definition) is 1. The van der Waals surface area contributed by atoms with Crippen LogP contribution in [0.2, 0.25) is 0 Å². The molecule has 2 aromatic heterocycles. The van der Waals surface area contributed by atoms with E-state index in [0.717, 1.165) is 54.1 Å². The summed E-state index contributed by atoms with van der Waals surface area (Å²) in [6.45, 7) is 3.73. The van der Waals surface area contributed by atoms with E-state index in [1.807, 2.05) is 47.9 Å². The molecule has 136 valence electrons. The Labute approximate surface area is 156 Å². The zero-order valence-electron chi connectivity index (χ0n) is 14.9. The van der Waals surface area contributed by atoms with Crippen molar-refractivity contribution in [1.82, 2.24) is 19.4 Å². The molecule has 2 amide bonds. The number of aryl methyl sites for hydroxylation is 2. The molecule has 1 atom stereocenters. The molecule has 26 heavy (non-hydrogen) atoms. The monoisotopic (exact) mass is 369 g/mol. The zero-order chi connectivity index (χ0) is 17.9. The van der Waals surface area contributed by atoms with Crippen LogP contribution < -0.4 is 5.32 Å². The maximum Gasteiger partial charge on any atom is 0.322 e. The number of carbonyl (C=O) groups excluding carboxylic acids is 1. The molecule has 1 aromatic carbocycles. The van der Waals surface area contributed by atoms with Crippen molar-refractivity contribution in [3.8, 4) is 0 Å². The molecule has 0 spiro atoms. The molecule has 1 unspecified atom stereocenters. The number of imidazole rings is 1. The van der Waals surface area contributed by atoms with E-state index in [4.69, 9.17) is 0 Å². The Bertz CT molecular complexity index is 902. The van der Waals surface area contributed by atoms with Gasteiger partial charge >= 0.3 is 6.03 Å². The third-order valence-corrected chi connectivity index (χ3v) is 5.91. The van der Waals surface area contributed by atoms with Gasteiger partial charge in [-0.3, -0.25) is 0 Å². The number of likely N-dealkylation sites (tertiary alicyclic amines) is 1. The van der Waals surface area contributed by atoms with E-state index in [0.29, 0.717) is 0 Å². The molecule has 6 nitrogen and oxygen atoms in total. The molecule has 1 fully saturated rings. The smallest absolute Gasteiger partial charge is 0.322 e. The van der Waals surface area contributed by atoms with Gasteiger partial charge in [0, 0.05) is 37.2 Å². The van der Waals surface area contributed by atoms with Crippen molar-refractivity contribution in [2.75, 3.05) is 11.9 Å². The van der Waals surface area contributed by atoms with E-state index < -0.39 is 0 Å². The summed E-state index contributed by atoms with van der Waals surface area (Å²) in [6.07, 6.45) is 8.10. The molecule has 0 aliphatic carbocycles. The third-order valence-electron chi connectivity index (χ3n) is 5.10. The number of rotatable bonds is 4. The van der Waals surface area contributed by atoms with E-state index in [1.165, 1.54) is 6.42 Å². The van der Waals surface area contributed by atoms with Crippen LogP contribution >= 0.6 is 11.3 Å². The molecule has 0 saturated carbocycles. The highest BCUT2D eigenvalue weighted by Crippen LogP contribution is 2.24. The van der Waals surface area contributed by atoms with Gasteiger partial charge in [-0.1, -0.05) is 0 Å². The Hall–Kier alpha value is -2.41. The predicted octanol–water partition coefficient (Wildman–Crippen LogP) is 4.28. The minimum atomic E-state index is -0.00775. The highest BCUT2D eigenvalue weighted by atomic mass is 32.1. The molecule has 3 aromatic rings. The van der Waals surface area contributed by atoms with Crippen LogP contribution in [0.4, 0.5) is 10.5 Å². The molecule has 3 heterocycles. The van der Waals surface area contributed by atoms with Gasteiger partial charge in [-0.15, -0.1) is 11.3 Å². The molecule has 1 saturated heterocycles. The summed E-state index contributed by atoms with van der Waals surface area (Å²) in [5.74, 6) is 1.02. The first kappa shape index (κ1) is 17.0. The van der Waals surface area contributed by atoms with Crippen molar-refractivity contribution < 1.29 is 4.79 Å². The third kappa shape index (κ3) is 3.58. The lowest BCUT2D eigenvalue weighted by Crippen LogP contribution is -2.46. The second-order valence-electron chi connectivity index (χ2n) is 6.76. The van der Waals surface area contributed by atoms with Crippen molar-refractivity contribution in [3.63, 3.8) is 0 Å². The summed E-state index contributed by atoms with van der Waals surface area (Å²) in [5, 5.41) is 3.06. The fourth-order valence-corrected chi connectivity index (χ4v) is 4.29. The average Bonchev–Trinajstić information content (AvgIpc) is 3.28. The SMILES string of the molecule is Cc1nccn1CCC1CCCCN1C(=O)Nc1ccc2scnc2c1. The Morgan fingerprint density at radius 1 is 1.35 bits per heavy atom. The summed E-state index contributed by atoms with van der Waals surface area (Å²) in [4.78, 5) is 23.5. The maximum atomic E-state index is 12.9. The standard InChI is InChI=1S/C19H23N5OS/c1-14-20-8-11-23(14)10-7-16-4-2-3-9-24(16)19(25)22-15-5-6-18-17(12-15)21-13-26-18/h5-6,8,11-13,16H,2-4,7,9-10H2,1H3,(H,22,25). The molecule has 0 radical (unpaired) electrons. The number of thiazole rings is 1. The number of aromatic nitrogens is 3. The second kappa shape index (κ2) is 7.45. The Balaban J connectivity index is 1.42. The van der Waals surface area contributed by atoms with Crippen molar-refractivity contribution in [3.05, 3.63) is 41.9 Å². The Kier molecular flexibility index (Phi) is 4.88. The number of nitrogens with zero attached hydrogens (tertiary/aromatic N) is 4. The lowest BCUT2D eigenvalue weighted by atomic mass is 9.99. The van der Waals surface area contributed by atoms with Gasteiger partial charge in [0.2, 0.25) is 0 Å². The van der Waals surface area contributed by atoms with E-state index in [-0.39, 0.29) is 12.1 Å².